The van der Waals surface area contributed by atoms with Crippen molar-refractivity contribution in [3.8, 4) is 6.07 Å². The van der Waals surface area contributed by atoms with Gasteiger partial charge < -0.3 is 11.1 Å². The second-order valence-corrected chi connectivity index (χ2v) is 3.75. The van der Waals surface area contributed by atoms with Crippen LogP contribution >= 0.6 is 0 Å². The average Bonchev–Trinajstić information content (AvgIpc) is 2.21. The van der Waals surface area contributed by atoms with Crippen molar-refractivity contribution in [3.05, 3.63) is 23.8 Å². The number of nitrogen functional groups attached to an aromatic ring is 1. The Morgan fingerprint density at radius 2 is 2.27 bits per heavy atom. The van der Waals surface area contributed by atoms with Crippen molar-refractivity contribution in [1.29, 1.82) is 5.26 Å². The molecule has 0 aromatic heterocycles. The van der Waals surface area contributed by atoms with E-state index in [1.54, 1.807) is 12.1 Å². The van der Waals surface area contributed by atoms with Crippen LogP contribution < -0.4 is 11.1 Å². The monoisotopic (exact) mass is 203 g/mol. The Kier molecular flexibility index (Phi) is 3.99. The molecule has 0 saturated heterocycles. The van der Waals surface area contributed by atoms with E-state index >= 15 is 0 Å². The molecular weight excluding hydrogens is 186 g/mol. The Labute approximate surface area is 90.9 Å². The highest BCUT2D eigenvalue weighted by atomic mass is 14.9. The smallest absolute Gasteiger partial charge is 0.101 e. The summed E-state index contributed by atoms with van der Waals surface area (Å²) in [5.74, 6) is 0. The van der Waals surface area contributed by atoms with Crippen LogP contribution in [-0.4, -0.2) is 6.04 Å². The van der Waals surface area contributed by atoms with Crippen molar-refractivity contribution in [2.45, 2.75) is 32.7 Å². The average molecular weight is 203 g/mol. The van der Waals surface area contributed by atoms with Crippen LogP contribution in [-0.2, 0) is 0 Å². The Bertz CT molecular complexity index is 366. The van der Waals surface area contributed by atoms with E-state index in [2.05, 4.69) is 25.2 Å². The molecule has 3 nitrogen and oxygen atoms in total. The second-order valence-electron chi connectivity index (χ2n) is 3.75. The molecule has 0 amide bonds. The van der Waals surface area contributed by atoms with Gasteiger partial charge in [-0.2, -0.15) is 5.26 Å². The molecule has 3 heteroatoms. The van der Waals surface area contributed by atoms with Crippen molar-refractivity contribution in [2.24, 2.45) is 0 Å². The first-order valence-corrected chi connectivity index (χ1v) is 5.23. The van der Waals surface area contributed by atoms with Crippen LogP contribution in [0, 0.1) is 11.3 Å². The number of nitrogens with one attached hydrogen (secondary N) is 1. The van der Waals surface area contributed by atoms with Gasteiger partial charge in [-0.05, 0) is 31.5 Å². The molecule has 0 radical (unpaired) electrons. The van der Waals surface area contributed by atoms with Gasteiger partial charge in [0.05, 0.1) is 5.56 Å². The molecule has 0 aliphatic rings. The zero-order valence-corrected chi connectivity index (χ0v) is 9.25. The molecule has 0 aliphatic carbocycles. The lowest BCUT2D eigenvalue weighted by molar-refractivity contribution is 0.690. The maximum Gasteiger partial charge on any atom is 0.101 e. The van der Waals surface area contributed by atoms with Gasteiger partial charge >= 0.3 is 0 Å². The first-order chi connectivity index (χ1) is 7.17. The number of nitrogens with zero attached hydrogens (tertiary/aromatic N) is 1. The third-order valence-corrected chi connectivity index (χ3v) is 2.31. The first-order valence-electron chi connectivity index (χ1n) is 5.23. The summed E-state index contributed by atoms with van der Waals surface area (Å²) in [6.07, 6.45) is 2.26. The molecule has 0 aliphatic heterocycles. The number of rotatable bonds is 4. The maximum atomic E-state index is 8.82. The molecule has 15 heavy (non-hydrogen) atoms. The SMILES string of the molecule is CCCC(C)Nc1ccc(N)c(C#N)c1. The van der Waals surface area contributed by atoms with E-state index in [0.717, 1.165) is 18.5 Å². The van der Waals surface area contributed by atoms with Crippen molar-refractivity contribution >= 4 is 11.4 Å². The highest BCUT2D eigenvalue weighted by Crippen LogP contribution is 2.18. The standard InChI is InChI=1S/C12H17N3/c1-3-4-9(2)15-11-5-6-12(14)10(7-11)8-13/h5-7,9,15H,3-4,14H2,1-2H3. The summed E-state index contributed by atoms with van der Waals surface area (Å²) in [4.78, 5) is 0. The van der Waals surface area contributed by atoms with Crippen LogP contribution in [0.25, 0.3) is 0 Å². The Morgan fingerprint density at radius 1 is 1.53 bits per heavy atom. The number of benzene rings is 1. The normalized spacial score (nSPS) is 11.8. The van der Waals surface area contributed by atoms with Crippen LogP contribution in [0.4, 0.5) is 11.4 Å². The minimum Gasteiger partial charge on any atom is -0.398 e. The molecular formula is C12H17N3. The van der Waals surface area contributed by atoms with Gasteiger partial charge in [0.25, 0.3) is 0 Å². The van der Waals surface area contributed by atoms with Crippen molar-refractivity contribution in [2.75, 3.05) is 11.1 Å². The number of hydrogen-bond acceptors (Lipinski definition) is 3. The summed E-state index contributed by atoms with van der Waals surface area (Å²) in [6.45, 7) is 4.29. The van der Waals surface area contributed by atoms with E-state index in [9.17, 15) is 0 Å². The second kappa shape index (κ2) is 5.26. The van der Waals surface area contributed by atoms with Crippen LogP contribution in [0.3, 0.4) is 0 Å². The summed E-state index contributed by atoms with van der Waals surface area (Å²) in [5.41, 5.74) is 7.66. The summed E-state index contributed by atoms with van der Waals surface area (Å²) in [5, 5.41) is 12.2. The van der Waals surface area contributed by atoms with E-state index in [4.69, 9.17) is 11.0 Å². The third kappa shape index (κ3) is 3.17. The van der Waals surface area contributed by atoms with E-state index < -0.39 is 0 Å². The summed E-state index contributed by atoms with van der Waals surface area (Å²) in [6, 6.07) is 7.96. The lowest BCUT2D eigenvalue weighted by Crippen LogP contribution is -2.14. The quantitative estimate of drug-likeness (QED) is 0.739. The van der Waals surface area contributed by atoms with Gasteiger partial charge in [0, 0.05) is 17.4 Å². The zero-order valence-electron chi connectivity index (χ0n) is 9.25. The molecule has 0 fully saturated rings. The lowest BCUT2D eigenvalue weighted by Gasteiger charge is -2.14. The summed E-state index contributed by atoms with van der Waals surface area (Å²) in [7, 11) is 0. The molecule has 1 aromatic carbocycles. The van der Waals surface area contributed by atoms with E-state index in [1.165, 1.54) is 0 Å². The van der Waals surface area contributed by atoms with Crippen LogP contribution in [0.2, 0.25) is 0 Å². The van der Waals surface area contributed by atoms with Crippen molar-refractivity contribution in [3.63, 3.8) is 0 Å². The molecule has 1 atom stereocenters. The van der Waals surface area contributed by atoms with Gasteiger partial charge in [0.2, 0.25) is 0 Å². The van der Waals surface area contributed by atoms with Gasteiger partial charge in [-0.15, -0.1) is 0 Å². The number of nitriles is 1. The fourth-order valence-electron chi connectivity index (χ4n) is 1.53. The first kappa shape index (κ1) is 11.4. The predicted molar refractivity (Wildman–Crippen MR) is 63.6 cm³/mol. The molecule has 0 saturated carbocycles. The van der Waals surface area contributed by atoms with Crippen LogP contribution in [0.15, 0.2) is 18.2 Å². The molecule has 0 heterocycles. The number of nitrogens with two attached hydrogens (primary N) is 1. The predicted octanol–water partition coefficient (Wildman–Crippen LogP) is 2.74. The molecule has 1 aromatic rings. The van der Waals surface area contributed by atoms with Gasteiger partial charge in [0.15, 0.2) is 0 Å². The minimum absolute atomic E-state index is 0.421. The van der Waals surface area contributed by atoms with Crippen molar-refractivity contribution < 1.29 is 0 Å². The molecule has 0 spiro atoms. The van der Waals surface area contributed by atoms with E-state index in [-0.39, 0.29) is 0 Å². The highest BCUT2D eigenvalue weighted by Gasteiger charge is 2.03. The highest BCUT2D eigenvalue weighted by molar-refractivity contribution is 5.62. The van der Waals surface area contributed by atoms with E-state index in [1.807, 2.05) is 6.07 Å². The topological polar surface area (TPSA) is 61.8 Å². The number of hydrogen-bond donors (Lipinski definition) is 2. The van der Waals surface area contributed by atoms with Gasteiger partial charge in [-0.3, -0.25) is 0 Å². The Hall–Kier alpha value is -1.69. The van der Waals surface area contributed by atoms with Crippen LogP contribution in [0.5, 0.6) is 0 Å². The molecule has 1 rings (SSSR count). The summed E-state index contributed by atoms with van der Waals surface area (Å²) < 4.78 is 0. The molecule has 3 N–H and O–H groups in total. The molecule has 0 bridgehead atoms. The summed E-state index contributed by atoms with van der Waals surface area (Å²) >= 11 is 0. The number of anilines is 2. The van der Waals surface area contributed by atoms with Gasteiger partial charge in [0.1, 0.15) is 6.07 Å². The lowest BCUT2D eigenvalue weighted by atomic mass is 10.1. The minimum atomic E-state index is 0.421. The largest absolute Gasteiger partial charge is 0.398 e. The zero-order chi connectivity index (χ0) is 11.3. The van der Waals surface area contributed by atoms with Gasteiger partial charge in [-0.1, -0.05) is 13.3 Å². The van der Waals surface area contributed by atoms with Gasteiger partial charge in [-0.25, -0.2) is 0 Å². The fraction of sp³-hybridized carbons (Fsp3) is 0.417. The van der Waals surface area contributed by atoms with Crippen LogP contribution in [0.1, 0.15) is 32.3 Å². The Balaban J connectivity index is 2.75. The fourth-order valence-corrected chi connectivity index (χ4v) is 1.53. The molecule has 80 valence electrons. The maximum absolute atomic E-state index is 8.82. The van der Waals surface area contributed by atoms with Crippen molar-refractivity contribution in [1.82, 2.24) is 0 Å². The van der Waals surface area contributed by atoms with E-state index in [0.29, 0.717) is 17.3 Å². The third-order valence-electron chi connectivity index (χ3n) is 2.31. The molecule has 1 unspecified atom stereocenters. The Morgan fingerprint density at radius 3 is 2.87 bits per heavy atom.